The molecule has 0 aliphatic carbocycles. The Labute approximate surface area is 188 Å². The lowest BCUT2D eigenvalue weighted by molar-refractivity contribution is -0.114. The van der Waals surface area contributed by atoms with Crippen LogP contribution in [0.2, 0.25) is 10.0 Å². The second-order valence-electron chi connectivity index (χ2n) is 6.39. The zero-order valence-electron chi connectivity index (χ0n) is 15.6. The standard InChI is InChI=1S/C22H19BrCl2N2O2/c1-14(28)27-20-7-5-19(6-8-20)26-12-16-10-17(23)3-9-22(16)29-13-15-2-4-18(24)11-21(15)25/h2-11,26H,12-13H2,1H3,(H,27,28). The van der Waals surface area contributed by atoms with E-state index >= 15 is 0 Å². The van der Waals surface area contributed by atoms with E-state index in [0.717, 1.165) is 32.7 Å². The van der Waals surface area contributed by atoms with Gasteiger partial charge in [0.25, 0.3) is 0 Å². The Morgan fingerprint density at radius 1 is 0.966 bits per heavy atom. The summed E-state index contributed by atoms with van der Waals surface area (Å²) in [6.07, 6.45) is 0. The molecule has 0 bridgehead atoms. The van der Waals surface area contributed by atoms with Crippen molar-refractivity contribution in [2.45, 2.75) is 20.1 Å². The first-order valence-electron chi connectivity index (χ1n) is 8.87. The SMILES string of the molecule is CC(=O)Nc1ccc(NCc2cc(Br)ccc2OCc2ccc(Cl)cc2Cl)cc1. The molecule has 0 aliphatic heterocycles. The third-order valence-corrected chi connectivity index (χ3v) is 5.19. The number of nitrogens with one attached hydrogen (secondary N) is 2. The average Bonchev–Trinajstić information content (AvgIpc) is 2.67. The van der Waals surface area contributed by atoms with E-state index in [4.69, 9.17) is 27.9 Å². The number of rotatable bonds is 7. The third-order valence-electron chi connectivity index (χ3n) is 4.11. The van der Waals surface area contributed by atoms with E-state index in [1.54, 1.807) is 12.1 Å². The highest BCUT2D eigenvalue weighted by molar-refractivity contribution is 9.10. The van der Waals surface area contributed by atoms with E-state index in [1.165, 1.54) is 6.92 Å². The molecule has 4 nitrogen and oxygen atoms in total. The van der Waals surface area contributed by atoms with Crippen molar-refractivity contribution >= 4 is 56.4 Å². The second-order valence-corrected chi connectivity index (χ2v) is 8.15. The summed E-state index contributed by atoms with van der Waals surface area (Å²) in [5.41, 5.74) is 3.56. The largest absolute Gasteiger partial charge is 0.488 e. The van der Waals surface area contributed by atoms with Gasteiger partial charge in [0.05, 0.1) is 0 Å². The lowest BCUT2D eigenvalue weighted by Gasteiger charge is -2.14. The minimum atomic E-state index is -0.0950. The molecule has 0 saturated heterocycles. The van der Waals surface area contributed by atoms with E-state index < -0.39 is 0 Å². The number of hydrogen-bond acceptors (Lipinski definition) is 3. The molecule has 150 valence electrons. The Morgan fingerprint density at radius 3 is 2.38 bits per heavy atom. The van der Waals surface area contributed by atoms with Crippen molar-refractivity contribution in [3.63, 3.8) is 0 Å². The van der Waals surface area contributed by atoms with Gasteiger partial charge in [0.2, 0.25) is 5.91 Å². The van der Waals surface area contributed by atoms with E-state index in [9.17, 15) is 4.79 Å². The number of benzene rings is 3. The van der Waals surface area contributed by atoms with Crippen molar-refractivity contribution in [2.24, 2.45) is 0 Å². The molecule has 2 N–H and O–H groups in total. The van der Waals surface area contributed by atoms with Gasteiger partial charge in [-0.15, -0.1) is 0 Å². The summed E-state index contributed by atoms with van der Waals surface area (Å²) in [4.78, 5) is 11.1. The highest BCUT2D eigenvalue weighted by atomic mass is 79.9. The summed E-state index contributed by atoms with van der Waals surface area (Å²) in [6, 6.07) is 18.8. The Balaban J connectivity index is 1.67. The van der Waals surface area contributed by atoms with E-state index in [2.05, 4.69) is 26.6 Å². The first-order valence-corrected chi connectivity index (χ1v) is 10.4. The van der Waals surface area contributed by atoms with Crippen molar-refractivity contribution in [3.05, 3.63) is 86.3 Å². The van der Waals surface area contributed by atoms with Crippen molar-refractivity contribution in [1.82, 2.24) is 0 Å². The van der Waals surface area contributed by atoms with Gasteiger partial charge in [0.15, 0.2) is 0 Å². The van der Waals surface area contributed by atoms with Crippen LogP contribution in [0.3, 0.4) is 0 Å². The van der Waals surface area contributed by atoms with Gasteiger partial charge in [-0.1, -0.05) is 45.2 Å². The van der Waals surface area contributed by atoms with Crippen LogP contribution in [0.25, 0.3) is 0 Å². The molecule has 0 heterocycles. The van der Waals surface area contributed by atoms with Crippen LogP contribution in [0.4, 0.5) is 11.4 Å². The maximum Gasteiger partial charge on any atom is 0.221 e. The molecule has 0 radical (unpaired) electrons. The Morgan fingerprint density at radius 2 is 1.69 bits per heavy atom. The summed E-state index contributed by atoms with van der Waals surface area (Å²) in [6.45, 7) is 2.40. The molecule has 0 unspecified atom stereocenters. The molecule has 1 amide bonds. The monoisotopic (exact) mass is 492 g/mol. The van der Waals surface area contributed by atoms with Gasteiger partial charge in [-0.2, -0.15) is 0 Å². The fourth-order valence-electron chi connectivity index (χ4n) is 2.69. The van der Waals surface area contributed by atoms with Gasteiger partial charge in [0, 0.05) is 50.5 Å². The van der Waals surface area contributed by atoms with Gasteiger partial charge in [0.1, 0.15) is 12.4 Å². The zero-order valence-corrected chi connectivity index (χ0v) is 18.7. The van der Waals surface area contributed by atoms with Gasteiger partial charge in [-0.3, -0.25) is 4.79 Å². The molecule has 0 spiro atoms. The number of anilines is 2. The first-order chi connectivity index (χ1) is 13.9. The number of carbonyl (C=O) groups is 1. The number of halogens is 3. The molecule has 0 atom stereocenters. The van der Waals surface area contributed by atoms with Crippen LogP contribution in [0.5, 0.6) is 5.75 Å². The number of ether oxygens (including phenoxy) is 1. The molecule has 0 fully saturated rings. The fourth-order valence-corrected chi connectivity index (χ4v) is 3.56. The summed E-state index contributed by atoms with van der Waals surface area (Å²) >= 11 is 15.7. The molecule has 7 heteroatoms. The zero-order chi connectivity index (χ0) is 20.8. The maximum absolute atomic E-state index is 11.1. The second kappa shape index (κ2) is 10.0. The molecular formula is C22H19BrCl2N2O2. The van der Waals surface area contributed by atoms with E-state index in [0.29, 0.717) is 23.2 Å². The molecule has 0 aromatic heterocycles. The summed E-state index contributed by atoms with van der Waals surface area (Å²) in [5.74, 6) is 0.670. The molecule has 29 heavy (non-hydrogen) atoms. The van der Waals surface area contributed by atoms with Gasteiger partial charge < -0.3 is 15.4 Å². The molecule has 3 rings (SSSR count). The smallest absolute Gasteiger partial charge is 0.221 e. The lowest BCUT2D eigenvalue weighted by Crippen LogP contribution is -2.06. The van der Waals surface area contributed by atoms with Gasteiger partial charge in [-0.05, 0) is 54.6 Å². The van der Waals surface area contributed by atoms with Crippen LogP contribution in [-0.2, 0) is 17.9 Å². The molecule has 0 saturated carbocycles. The normalized spacial score (nSPS) is 10.5. The molecular weight excluding hydrogens is 475 g/mol. The van der Waals surface area contributed by atoms with Crippen molar-refractivity contribution < 1.29 is 9.53 Å². The Bertz CT molecular complexity index is 1010. The Kier molecular flexibility index (Phi) is 7.42. The highest BCUT2D eigenvalue weighted by Crippen LogP contribution is 2.27. The molecule has 3 aromatic rings. The van der Waals surface area contributed by atoms with Crippen LogP contribution in [-0.4, -0.2) is 5.91 Å². The number of hydrogen-bond donors (Lipinski definition) is 2. The fraction of sp³-hybridized carbons (Fsp3) is 0.136. The van der Waals surface area contributed by atoms with Crippen molar-refractivity contribution in [2.75, 3.05) is 10.6 Å². The predicted octanol–water partition coefficient (Wildman–Crippen LogP) is 6.91. The number of amides is 1. The average molecular weight is 494 g/mol. The minimum absolute atomic E-state index is 0.0950. The third kappa shape index (κ3) is 6.39. The Hall–Kier alpha value is -2.21. The van der Waals surface area contributed by atoms with E-state index in [1.807, 2.05) is 48.5 Å². The summed E-state index contributed by atoms with van der Waals surface area (Å²) < 4.78 is 6.98. The van der Waals surface area contributed by atoms with Crippen LogP contribution >= 0.6 is 39.1 Å². The van der Waals surface area contributed by atoms with Crippen LogP contribution in [0, 0.1) is 0 Å². The number of carbonyl (C=O) groups excluding carboxylic acids is 1. The van der Waals surface area contributed by atoms with E-state index in [-0.39, 0.29) is 5.91 Å². The van der Waals surface area contributed by atoms with Crippen LogP contribution in [0.1, 0.15) is 18.1 Å². The first kappa shape index (κ1) is 21.5. The predicted molar refractivity (Wildman–Crippen MR) is 123 cm³/mol. The lowest BCUT2D eigenvalue weighted by atomic mass is 10.2. The topological polar surface area (TPSA) is 50.4 Å². The summed E-state index contributed by atoms with van der Waals surface area (Å²) in [7, 11) is 0. The van der Waals surface area contributed by atoms with Crippen LogP contribution < -0.4 is 15.4 Å². The quantitative estimate of drug-likeness (QED) is 0.376. The highest BCUT2D eigenvalue weighted by Gasteiger charge is 2.08. The van der Waals surface area contributed by atoms with Crippen molar-refractivity contribution in [3.8, 4) is 5.75 Å². The molecule has 3 aromatic carbocycles. The summed E-state index contributed by atoms with van der Waals surface area (Å²) in [5, 5.41) is 7.29. The van der Waals surface area contributed by atoms with Crippen LogP contribution in [0.15, 0.2) is 65.1 Å². The molecule has 0 aliphatic rings. The minimum Gasteiger partial charge on any atom is -0.488 e. The maximum atomic E-state index is 11.1. The van der Waals surface area contributed by atoms with Gasteiger partial charge >= 0.3 is 0 Å². The van der Waals surface area contributed by atoms with Crippen molar-refractivity contribution in [1.29, 1.82) is 0 Å². The van der Waals surface area contributed by atoms with Gasteiger partial charge in [-0.25, -0.2) is 0 Å².